The fourth-order valence-corrected chi connectivity index (χ4v) is 2.91. The summed E-state index contributed by atoms with van der Waals surface area (Å²) < 4.78 is 0. The van der Waals surface area contributed by atoms with Crippen LogP contribution < -0.4 is 11.1 Å². The smallest absolute Gasteiger partial charge is 0.225 e. The molecule has 0 heterocycles. The second-order valence-corrected chi connectivity index (χ2v) is 6.09. The molecule has 0 radical (unpaired) electrons. The number of halogens is 1. The summed E-state index contributed by atoms with van der Waals surface area (Å²) in [5.74, 6) is 1.64. The zero-order valence-electron chi connectivity index (χ0n) is 11.5. The van der Waals surface area contributed by atoms with E-state index in [-0.39, 0.29) is 5.91 Å². The van der Waals surface area contributed by atoms with Gasteiger partial charge in [-0.2, -0.15) is 11.8 Å². The Morgan fingerprint density at radius 3 is 2.67 bits per heavy atom. The van der Waals surface area contributed by atoms with Crippen molar-refractivity contribution in [3.8, 4) is 0 Å². The van der Waals surface area contributed by atoms with E-state index >= 15 is 0 Å². The van der Waals surface area contributed by atoms with E-state index in [0.29, 0.717) is 22.8 Å². The van der Waals surface area contributed by atoms with Crippen molar-refractivity contribution >= 4 is 40.6 Å². The zero-order valence-corrected chi connectivity index (χ0v) is 13.1. The van der Waals surface area contributed by atoms with Gasteiger partial charge in [0.15, 0.2) is 0 Å². The van der Waals surface area contributed by atoms with Crippen molar-refractivity contribution in [1.29, 1.82) is 0 Å². The van der Waals surface area contributed by atoms with Gasteiger partial charge >= 0.3 is 0 Å². The van der Waals surface area contributed by atoms with Crippen LogP contribution in [0.2, 0.25) is 5.02 Å². The monoisotopic (exact) mass is 320 g/mol. The lowest BCUT2D eigenvalue weighted by molar-refractivity contribution is -0.115. The maximum Gasteiger partial charge on any atom is 0.225 e. The van der Waals surface area contributed by atoms with Gasteiger partial charge in [-0.25, -0.2) is 0 Å². The molecule has 1 amide bonds. The van der Waals surface area contributed by atoms with Crippen molar-refractivity contribution in [2.24, 2.45) is 0 Å². The number of rotatable bonds is 6. The van der Waals surface area contributed by atoms with Crippen molar-refractivity contribution in [2.75, 3.05) is 16.8 Å². The molecular formula is C16H17ClN2OS. The minimum Gasteiger partial charge on any atom is -0.399 e. The van der Waals surface area contributed by atoms with E-state index in [4.69, 9.17) is 17.3 Å². The number of hydrogen-bond donors (Lipinski definition) is 2. The van der Waals surface area contributed by atoms with Gasteiger partial charge in [-0.3, -0.25) is 4.79 Å². The van der Waals surface area contributed by atoms with Gasteiger partial charge in [-0.1, -0.05) is 41.9 Å². The highest BCUT2D eigenvalue weighted by molar-refractivity contribution is 7.98. The van der Waals surface area contributed by atoms with Crippen LogP contribution in [0, 0.1) is 0 Å². The summed E-state index contributed by atoms with van der Waals surface area (Å²) in [5, 5.41) is 3.25. The molecule has 0 saturated carbocycles. The predicted octanol–water partition coefficient (Wildman–Crippen LogP) is 4.18. The predicted molar refractivity (Wildman–Crippen MR) is 91.7 cm³/mol. The van der Waals surface area contributed by atoms with Crippen LogP contribution in [0.25, 0.3) is 0 Å². The number of nitrogens with one attached hydrogen (secondary N) is 1. The van der Waals surface area contributed by atoms with Crippen LogP contribution in [0.1, 0.15) is 12.0 Å². The highest BCUT2D eigenvalue weighted by Crippen LogP contribution is 2.24. The van der Waals surface area contributed by atoms with Crippen LogP contribution in [0.4, 0.5) is 11.4 Å². The topological polar surface area (TPSA) is 55.1 Å². The Kier molecular flexibility index (Phi) is 5.96. The normalized spacial score (nSPS) is 10.3. The van der Waals surface area contributed by atoms with Gasteiger partial charge in [-0.15, -0.1) is 0 Å². The van der Waals surface area contributed by atoms with Gasteiger partial charge in [-0.05, 0) is 23.8 Å². The van der Waals surface area contributed by atoms with E-state index in [2.05, 4.69) is 17.4 Å². The van der Waals surface area contributed by atoms with Crippen molar-refractivity contribution in [2.45, 2.75) is 12.2 Å². The Labute approximate surface area is 133 Å². The number of nitrogens with two attached hydrogens (primary N) is 1. The SMILES string of the molecule is Nc1ccc(NC(=O)CCSCc2ccccc2)c(Cl)c1. The fraction of sp³-hybridized carbons (Fsp3) is 0.188. The van der Waals surface area contributed by atoms with Crippen LogP contribution >= 0.6 is 23.4 Å². The molecule has 0 aliphatic carbocycles. The molecule has 3 nitrogen and oxygen atoms in total. The number of amides is 1. The Bertz CT molecular complexity index is 604. The van der Waals surface area contributed by atoms with Crippen LogP contribution in [-0.2, 0) is 10.5 Å². The number of nitrogen functional groups attached to an aromatic ring is 1. The lowest BCUT2D eigenvalue weighted by atomic mass is 10.2. The van der Waals surface area contributed by atoms with Gasteiger partial charge in [0.05, 0.1) is 10.7 Å². The molecule has 3 N–H and O–H groups in total. The third-order valence-electron chi connectivity index (χ3n) is 2.85. The Hall–Kier alpha value is -1.65. The molecule has 0 aliphatic rings. The first-order valence-corrected chi connectivity index (χ1v) is 8.15. The molecule has 21 heavy (non-hydrogen) atoms. The zero-order chi connectivity index (χ0) is 15.1. The summed E-state index contributed by atoms with van der Waals surface area (Å²) in [6.45, 7) is 0. The van der Waals surface area contributed by atoms with Gasteiger partial charge in [0, 0.05) is 23.6 Å². The van der Waals surface area contributed by atoms with Crippen LogP contribution in [-0.4, -0.2) is 11.7 Å². The van der Waals surface area contributed by atoms with E-state index in [1.165, 1.54) is 5.56 Å². The molecule has 0 fully saturated rings. The summed E-state index contributed by atoms with van der Waals surface area (Å²) in [6, 6.07) is 15.3. The molecule has 110 valence electrons. The molecule has 2 aromatic rings. The third-order valence-corrected chi connectivity index (χ3v) is 4.20. The molecule has 0 unspecified atom stereocenters. The molecule has 0 bridgehead atoms. The van der Waals surface area contributed by atoms with Crippen molar-refractivity contribution < 1.29 is 4.79 Å². The van der Waals surface area contributed by atoms with E-state index in [0.717, 1.165) is 11.5 Å². The Balaban J connectivity index is 1.72. The summed E-state index contributed by atoms with van der Waals surface area (Å²) in [5.41, 5.74) is 8.06. The molecule has 2 aromatic carbocycles. The standard InChI is InChI=1S/C16H17ClN2OS/c17-14-10-13(18)6-7-15(14)19-16(20)8-9-21-11-12-4-2-1-3-5-12/h1-7,10H,8-9,11,18H2,(H,19,20). The average molecular weight is 321 g/mol. The lowest BCUT2D eigenvalue weighted by Crippen LogP contribution is -2.12. The minimum absolute atomic E-state index is 0.0396. The highest BCUT2D eigenvalue weighted by Gasteiger charge is 2.06. The number of hydrogen-bond acceptors (Lipinski definition) is 3. The number of carbonyl (C=O) groups is 1. The van der Waals surface area contributed by atoms with Crippen molar-refractivity contribution in [1.82, 2.24) is 0 Å². The molecule has 0 aromatic heterocycles. The van der Waals surface area contributed by atoms with Gasteiger partial charge in [0.1, 0.15) is 0 Å². The van der Waals surface area contributed by atoms with E-state index in [9.17, 15) is 4.79 Å². The second kappa shape index (κ2) is 7.96. The molecular weight excluding hydrogens is 304 g/mol. The average Bonchev–Trinajstić information content (AvgIpc) is 2.48. The van der Waals surface area contributed by atoms with Crippen LogP contribution in [0.5, 0.6) is 0 Å². The molecule has 0 atom stereocenters. The Morgan fingerprint density at radius 2 is 1.95 bits per heavy atom. The summed E-state index contributed by atoms with van der Waals surface area (Å²) in [7, 11) is 0. The van der Waals surface area contributed by atoms with Crippen LogP contribution in [0.3, 0.4) is 0 Å². The second-order valence-electron chi connectivity index (χ2n) is 4.58. The van der Waals surface area contributed by atoms with Crippen LogP contribution in [0.15, 0.2) is 48.5 Å². The molecule has 2 rings (SSSR count). The lowest BCUT2D eigenvalue weighted by Gasteiger charge is -2.08. The van der Waals surface area contributed by atoms with E-state index < -0.39 is 0 Å². The minimum atomic E-state index is -0.0396. The first kappa shape index (κ1) is 15.7. The number of anilines is 2. The van der Waals surface area contributed by atoms with Crippen molar-refractivity contribution in [3.05, 3.63) is 59.1 Å². The molecule has 0 aliphatic heterocycles. The van der Waals surface area contributed by atoms with E-state index in [1.54, 1.807) is 30.0 Å². The van der Waals surface area contributed by atoms with Crippen molar-refractivity contribution in [3.63, 3.8) is 0 Å². The Morgan fingerprint density at radius 1 is 1.19 bits per heavy atom. The molecule has 5 heteroatoms. The first-order valence-electron chi connectivity index (χ1n) is 6.61. The molecule has 0 saturated heterocycles. The molecule has 0 spiro atoms. The largest absolute Gasteiger partial charge is 0.399 e. The quantitative estimate of drug-likeness (QED) is 0.620. The number of thioether (sulfide) groups is 1. The maximum atomic E-state index is 11.8. The highest BCUT2D eigenvalue weighted by atomic mass is 35.5. The first-order chi connectivity index (χ1) is 10.1. The third kappa shape index (κ3) is 5.33. The summed E-state index contributed by atoms with van der Waals surface area (Å²) in [6.07, 6.45) is 0.457. The number of carbonyl (C=O) groups excluding carboxylic acids is 1. The maximum absolute atomic E-state index is 11.8. The van der Waals surface area contributed by atoms with Gasteiger partial charge in [0.25, 0.3) is 0 Å². The van der Waals surface area contributed by atoms with Gasteiger partial charge in [0.2, 0.25) is 5.91 Å². The summed E-state index contributed by atoms with van der Waals surface area (Å²) in [4.78, 5) is 11.8. The fourth-order valence-electron chi connectivity index (χ4n) is 1.77. The van der Waals surface area contributed by atoms with Gasteiger partial charge < -0.3 is 11.1 Å². The number of benzene rings is 2. The van der Waals surface area contributed by atoms with E-state index in [1.807, 2.05) is 18.2 Å². The summed E-state index contributed by atoms with van der Waals surface area (Å²) >= 11 is 7.75.